The van der Waals surface area contributed by atoms with Crippen LogP contribution < -0.4 is 0 Å². The van der Waals surface area contributed by atoms with E-state index in [2.05, 4.69) is 29.9 Å². The third-order valence-corrected chi connectivity index (χ3v) is 5.90. The Morgan fingerprint density at radius 1 is 1.25 bits per heavy atom. The fourth-order valence-electron chi connectivity index (χ4n) is 4.09. The van der Waals surface area contributed by atoms with Crippen LogP contribution in [0.1, 0.15) is 32.4 Å². The molecule has 170 valence electrons. The van der Waals surface area contributed by atoms with E-state index in [1.165, 1.54) is 0 Å². The molecule has 0 bridgehead atoms. The Bertz CT molecular complexity index is 982. The molecular weight excluding hydrogens is 406 g/mol. The average molecular weight is 438 g/mol. The van der Waals surface area contributed by atoms with Crippen molar-refractivity contribution in [1.29, 1.82) is 0 Å². The maximum atomic E-state index is 9.96. The van der Waals surface area contributed by atoms with Crippen LogP contribution >= 0.6 is 0 Å². The van der Waals surface area contributed by atoms with Crippen molar-refractivity contribution in [3.63, 3.8) is 0 Å². The normalized spacial score (nSPS) is 25.1. The number of hydrogen-bond donors (Lipinski definition) is 1. The molecule has 1 N–H and O–H groups in total. The summed E-state index contributed by atoms with van der Waals surface area (Å²) >= 11 is 0. The van der Waals surface area contributed by atoms with Crippen LogP contribution in [0.15, 0.2) is 72.0 Å². The highest BCUT2D eigenvalue weighted by Gasteiger charge is 2.37. The highest BCUT2D eigenvalue weighted by atomic mass is 16.7. The van der Waals surface area contributed by atoms with Gasteiger partial charge in [0.1, 0.15) is 5.69 Å². The van der Waals surface area contributed by atoms with Gasteiger partial charge in [0.05, 0.1) is 43.9 Å². The van der Waals surface area contributed by atoms with Gasteiger partial charge in [0.25, 0.3) is 0 Å². The quantitative estimate of drug-likeness (QED) is 0.602. The molecule has 7 heteroatoms. The Hall–Kier alpha value is -2.58. The van der Waals surface area contributed by atoms with E-state index in [1.807, 2.05) is 49.5 Å². The van der Waals surface area contributed by atoms with Crippen LogP contribution in [0.5, 0.6) is 0 Å². The average Bonchev–Trinajstić information content (AvgIpc) is 3.26. The van der Waals surface area contributed by atoms with Gasteiger partial charge in [-0.05, 0) is 56.0 Å². The number of aromatic nitrogens is 3. The standard InChI is InChI=1S/C25H31N3O4/c1-17(2)9-10-30-25-12-19(15-29)22-13-23(18(3)11-24(22)32-25)31-16-20-14-28(27-26-20)21-7-5-4-6-8-21/h4-8,11-12,14,22-25,29H,1,9-10,13,15-16H2,2-3H3/t22?,23?,24?,25-/m0/s1. The number of benzene rings is 1. The van der Waals surface area contributed by atoms with Crippen molar-refractivity contribution in [3.8, 4) is 5.69 Å². The summed E-state index contributed by atoms with van der Waals surface area (Å²) in [6.45, 7) is 8.83. The molecule has 7 nitrogen and oxygen atoms in total. The summed E-state index contributed by atoms with van der Waals surface area (Å²) in [6.07, 6.45) is 6.75. The van der Waals surface area contributed by atoms with Gasteiger partial charge in [-0.1, -0.05) is 35.1 Å². The molecule has 0 saturated carbocycles. The van der Waals surface area contributed by atoms with Crippen molar-refractivity contribution in [2.75, 3.05) is 13.2 Å². The van der Waals surface area contributed by atoms with Gasteiger partial charge in [0, 0.05) is 5.92 Å². The second-order valence-corrected chi connectivity index (χ2v) is 8.49. The monoisotopic (exact) mass is 437 g/mol. The molecule has 1 aliphatic carbocycles. The van der Waals surface area contributed by atoms with Crippen molar-refractivity contribution in [1.82, 2.24) is 15.0 Å². The molecule has 1 aromatic carbocycles. The van der Waals surface area contributed by atoms with E-state index < -0.39 is 6.29 Å². The predicted octanol–water partition coefficient (Wildman–Crippen LogP) is 3.75. The van der Waals surface area contributed by atoms with Crippen molar-refractivity contribution in [3.05, 3.63) is 77.7 Å². The maximum absolute atomic E-state index is 9.96. The lowest BCUT2D eigenvalue weighted by Gasteiger charge is -2.40. The van der Waals surface area contributed by atoms with Gasteiger partial charge in [0.2, 0.25) is 0 Å². The molecule has 4 rings (SSSR count). The van der Waals surface area contributed by atoms with E-state index in [0.717, 1.165) is 40.9 Å². The van der Waals surface area contributed by atoms with Crippen molar-refractivity contribution < 1.29 is 19.3 Å². The zero-order valence-corrected chi connectivity index (χ0v) is 18.7. The number of aliphatic hydroxyl groups excluding tert-OH is 1. The Morgan fingerprint density at radius 2 is 2.06 bits per heavy atom. The van der Waals surface area contributed by atoms with Gasteiger partial charge in [-0.2, -0.15) is 0 Å². The van der Waals surface area contributed by atoms with E-state index in [4.69, 9.17) is 14.2 Å². The third-order valence-electron chi connectivity index (χ3n) is 5.90. The van der Waals surface area contributed by atoms with Gasteiger partial charge in [-0.25, -0.2) is 4.68 Å². The fourth-order valence-corrected chi connectivity index (χ4v) is 4.09. The van der Waals surface area contributed by atoms with Crippen LogP contribution in [0.3, 0.4) is 0 Å². The summed E-state index contributed by atoms with van der Waals surface area (Å²) < 4.78 is 19.9. The molecule has 2 aromatic rings. The minimum Gasteiger partial charge on any atom is -0.392 e. The molecule has 32 heavy (non-hydrogen) atoms. The second-order valence-electron chi connectivity index (χ2n) is 8.49. The molecule has 1 aliphatic heterocycles. The molecule has 0 fully saturated rings. The zero-order chi connectivity index (χ0) is 22.5. The Morgan fingerprint density at radius 3 is 2.81 bits per heavy atom. The maximum Gasteiger partial charge on any atom is 0.177 e. The van der Waals surface area contributed by atoms with Crippen LogP contribution in [-0.2, 0) is 20.8 Å². The van der Waals surface area contributed by atoms with E-state index >= 15 is 0 Å². The SMILES string of the molecule is C=C(C)CCO[C@@H]1C=C(CO)C2CC(OCc3cn(-c4ccccc4)nn3)C(C)=CC2O1. The zero-order valence-electron chi connectivity index (χ0n) is 18.7. The summed E-state index contributed by atoms with van der Waals surface area (Å²) in [5.41, 5.74) is 4.85. The highest BCUT2D eigenvalue weighted by molar-refractivity contribution is 5.30. The second kappa shape index (κ2) is 10.4. The summed E-state index contributed by atoms with van der Waals surface area (Å²) in [7, 11) is 0. The van der Waals surface area contributed by atoms with Gasteiger partial charge in [-0.15, -0.1) is 11.7 Å². The van der Waals surface area contributed by atoms with Crippen LogP contribution in [0.2, 0.25) is 0 Å². The Balaban J connectivity index is 1.37. The molecule has 0 saturated heterocycles. The first-order valence-electron chi connectivity index (χ1n) is 11.0. The van der Waals surface area contributed by atoms with E-state index in [1.54, 1.807) is 4.68 Å². The number of nitrogens with zero attached hydrogens (tertiary/aromatic N) is 3. The number of rotatable bonds is 9. The first-order valence-corrected chi connectivity index (χ1v) is 11.0. The van der Waals surface area contributed by atoms with Crippen molar-refractivity contribution >= 4 is 0 Å². The summed E-state index contributed by atoms with van der Waals surface area (Å²) in [5.74, 6) is 0.0645. The number of aliphatic hydroxyl groups is 1. The molecule has 4 atom stereocenters. The van der Waals surface area contributed by atoms with E-state index in [9.17, 15) is 5.11 Å². The Labute approximate surface area is 189 Å². The highest BCUT2D eigenvalue weighted by Crippen LogP contribution is 2.37. The van der Waals surface area contributed by atoms with Gasteiger partial charge in [-0.3, -0.25) is 0 Å². The molecule has 1 aromatic heterocycles. The van der Waals surface area contributed by atoms with Gasteiger partial charge >= 0.3 is 0 Å². The first kappa shape index (κ1) is 22.6. The van der Waals surface area contributed by atoms with Crippen LogP contribution in [0, 0.1) is 5.92 Å². The first-order chi connectivity index (χ1) is 15.5. The molecule has 0 spiro atoms. The van der Waals surface area contributed by atoms with Crippen molar-refractivity contribution in [2.45, 2.75) is 51.8 Å². The lowest BCUT2D eigenvalue weighted by atomic mass is 9.79. The summed E-state index contributed by atoms with van der Waals surface area (Å²) in [5, 5.41) is 18.4. The molecule has 2 aliphatic rings. The number of para-hydroxylation sites is 1. The number of hydrogen-bond acceptors (Lipinski definition) is 6. The van der Waals surface area contributed by atoms with Crippen LogP contribution in [0.25, 0.3) is 5.69 Å². The largest absolute Gasteiger partial charge is 0.392 e. The third kappa shape index (κ3) is 5.42. The topological polar surface area (TPSA) is 78.6 Å². The minimum absolute atomic E-state index is 0.0180. The van der Waals surface area contributed by atoms with E-state index in [-0.39, 0.29) is 24.7 Å². The van der Waals surface area contributed by atoms with Crippen molar-refractivity contribution in [2.24, 2.45) is 5.92 Å². The molecule has 3 unspecified atom stereocenters. The number of ether oxygens (including phenoxy) is 3. The molecular formula is C25H31N3O4. The minimum atomic E-state index is -0.452. The molecule has 0 amide bonds. The van der Waals surface area contributed by atoms with Crippen LogP contribution in [-0.4, -0.2) is 51.8 Å². The summed E-state index contributed by atoms with van der Waals surface area (Å²) in [6, 6.07) is 9.86. The Kier molecular flexibility index (Phi) is 7.32. The van der Waals surface area contributed by atoms with Crippen LogP contribution in [0.4, 0.5) is 0 Å². The smallest absolute Gasteiger partial charge is 0.177 e. The molecule has 2 heterocycles. The van der Waals surface area contributed by atoms with E-state index in [0.29, 0.717) is 13.2 Å². The summed E-state index contributed by atoms with van der Waals surface area (Å²) in [4.78, 5) is 0. The lowest BCUT2D eigenvalue weighted by molar-refractivity contribution is -0.155. The predicted molar refractivity (Wildman–Crippen MR) is 121 cm³/mol. The van der Waals surface area contributed by atoms with Gasteiger partial charge in [0.15, 0.2) is 6.29 Å². The molecule has 0 radical (unpaired) electrons. The lowest BCUT2D eigenvalue weighted by Crippen LogP contribution is -2.41. The van der Waals surface area contributed by atoms with Gasteiger partial charge < -0.3 is 19.3 Å². The number of fused-ring (bicyclic) bond motifs is 1. The fraction of sp³-hybridized carbons (Fsp3) is 0.440.